The van der Waals surface area contributed by atoms with E-state index in [2.05, 4.69) is 4.72 Å². The van der Waals surface area contributed by atoms with Crippen molar-refractivity contribution in [2.45, 2.75) is 25.4 Å². The third kappa shape index (κ3) is 3.92. The summed E-state index contributed by atoms with van der Waals surface area (Å²) in [5.74, 6) is -0.808. The highest BCUT2D eigenvalue weighted by Gasteiger charge is 2.22. The van der Waals surface area contributed by atoms with Crippen molar-refractivity contribution in [3.8, 4) is 6.07 Å². The smallest absolute Gasteiger partial charge is 0.235 e. The van der Waals surface area contributed by atoms with Crippen molar-refractivity contribution in [2.24, 2.45) is 0 Å². The van der Waals surface area contributed by atoms with E-state index in [4.69, 9.17) is 10.00 Å². The van der Waals surface area contributed by atoms with Crippen molar-refractivity contribution in [3.05, 3.63) is 29.6 Å². The number of halogens is 1. The highest BCUT2D eigenvalue weighted by Crippen LogP contribution is 2.18. The Morgan fingerprint density at radius 3 is 2.90 bits per heavy atom. The zero-order chi connectivity index (χ0) is 14.6. The quantitative estimate of drug-likeness (QED) is 0.922. The summed E-state index contributed by atoms with van der Waals surface area (Å²) in [6.07, 6.45) is 2.31. The van der Waals surface area contributed by atoms with Crippen LogP contribution in [0.4, 0.5) is 10.1 Å². The molecule has 2 rings (SSSR count). The van der Waals surface area contributed by atoms with E-state index in [0.29, 0.717) is 13.0 Å². The Hall–Kier alpha value is -1.65. The maximum Gasteiger partial charge on any atom is 0.235 e. The van der Waals surface area contributed by atoms with Crippen LogP contribution in [0.2, 0.25) is 0 Å². The van der Waals surface area contributed by atoms with Crippen LogP contribution in [0.5, 0.6) is 0 Å². The number of sulfonamides is 1. The molecule has 1 N–H and O–H groups in total. The fraction of sp³-hybridized carbons (Fsp3) is 0.462. The van der Waals surface area contributed by atoms with Crippen LogP contribution in [0.15, 0.2) is 18.2 Å². The Morgan fingerprint density at radius 2 is 2.25 bits per heavy atom. The van der Waals surface area contributed by atoms with Gasteiger partial charge in [-0.3, -0.25) is 4.72 Å². The number of nitrogens with zero attached hydrogens (tertiary/aromatic N) is 1. The average Bonchev–Trinajstić information content (AvgIpc) is 2.41. The summed E-state index contributed by atoms with van der Waals surface area (Å²) in [5, 5.41) is 8.72. The van der Waals surface area contributed by atoms with Gasteiger partial charge in [0.05, 0.1) is 17.4 Å². The van der Waals surface area contributed by atoms with Gasteiger partial charge in [-0.25, -0.2) is 12.8 Å². The van der Waals surface area contributed by atoms with Crippen LogP contribution in [-0.4, -0.2) is 26.9 Å². The Balaban J connectivity index is 2.06. The van der Waals surface area contributed by atoms with Crippen molar-refractivity contribution in [3.63, 3.8) is 0 Å². The molecule has 7 heteroatoms. The predicted octanol–water partition coefficient (Wildman–Crippen LogP) is 2.01. The van der Waals surface area contributed by atoms with E-state index in [0.717, 1.165) is 18.9 Å². The molecule has 1 aliphatic rings. The largest absolute Gasteiger partial charge is 0.377 e. The number of rotatable bonds is 4. The molecule has 0 saturated carbocycles. The van der Waals surface area contributed by atoms with Gasteiger partial charge in [0.2, 0.25) is 10.0 Å². The van der Waals surface area contributed by atoms with Gasteiger partial charge in [-0.05, 0) is 37.5 Å². The summed E-state index contributed by atoms with van der Waals surface area (Å²) >= 11 is 0. The highest BCUT2D eigenvalue weighted by atomic mass is 32.2. The standard InChI is InChI=1S/C13H15FN2O3S/c14-13-5-4-11(7-10(13)8-15)16-20(17,18)9-12-3-1-2-6-19-12/h4-5,7,12,16H,1-3,6,9H2/t12-/m1/s1. The molecule has 0 spiro atoms. The number of anilines is 1. The Morgan fingerprint density at radius 1 is 1.45 bits per heavy atom. The number of benzene rings is 1. The second-order valence-electron chi connectivity index (χ2n) is 4.68. The van der Waals surface area contributed by atoms with Crippen LogP contribution in [-0.2, 0) is 14.8 Å². The van der Waals surface area contributed by atoms with Gasteiger partial charge in [0.15, 0.2) is 0 Å². The molecule has 1 aliphatic heterocycles. The maximum atomic E-state index is 13.2. The normalized spacial score (nSPS) is 19.3. The molecule has 1 aromatic rings. The van der Waals surface area contributed by atoms with Gasteiger partial charge in [-0.1, -0.05) is 0 Å². The Bertz CT molecular complexity index is 619. The maximum absolute atomic E-state index is 13.2. The SMILES string of the molecule is N#Cc1cc(NS(=O)(=O)C[C@H]2CCCCO2)ccc1F. The molecular weight excluding hydrogens is 283 g/mol. The monoisotopic (exact) mass is 298 g/mol. The molecule has 1 heterocycles. The number of hydrogen-bond acceptors (Lipinski definition) is 4. The second kappa shape index (κ2) is 6.20. The van der Waals surface area contributed by atoms with Gasteiger partial charge in [-0.15, -0.1) is 0 Å². The van der Waals surface area contributed by atoms with Crippen molar-refractivity contribution in [1.29, 1.82) is 5.26 Å². The van der Waals surface area contributed by atoms with Gasteiger partial charge < -0.3 is 4.74 Å². The van der Waals surface area contributed by atoms with Gasteiger partial charge in [0.1, 0.15) is 11.9 Å². The molecule has 1 atom stereocenters. The van der Waals surface area contributed by atoms with Crippen molar-refractivity contribution >= 4 is 15.7 Å². The van der Waals surface area contributed by atoms with Crippen LogP contribution >= 0.6 is 0 Å². The molecule has 108 valence electrons. The number of hydrogen-bond donors (Lipinski definition) is 1. The summed E-state index contributed by atoms with van der Waals surface area (Å²) < 4.78 is 44.9. The van der Waals surface area contributed by atoms with Crippen LogP contribution in [0, 0.1) is 17.1 Å². The fourth-order valence-electron chi connectivity index (χ4n) is 2.08. The molecule has 0 aromatic heterocycles. The summed E-state index contributed by atoms with van der Waals surface area (Å²) in [6, 6.07) is 5.19. The van der Waals surface area contributed by atoms with E-state index in [1.54, 1.807) is 6.07 Å². The minimum absolute atomic E-state index is 0.133. The lowest BCUT2D eigenvalue weighted by molar-refractivity contribution is 0.0306. The van der Waals surface area contributed by atoms with Crippen LogP contribution in [0.25, 0.3) is 0 Å². The minimum Gasteiger partial charge on any atom is -0.377 e. The van der Waals surface area contributed by atoms with E-state index in [9.17, 15) is 12.8 Å². The highest BCUT2D eigenvalue weighted by molar-refractivity contribution is 7.92. The molecule has 0 bridgehead atoms. The lowest BCUT2D eigenvalue weighted by atomic mass is 10.1. The third-order valence-corrected chi connectivity index (χ3v) is 4.40. The van der Waals surface area contributed by atoms with Gasteiger partial charge >= 0.3 is 0 Å². The van der Waals surface area contributed by atoms with Gasteiger partial charge in [0, 0.05) is 12.3 Å². The molecule has 0 aliphatic carbocycles. The van der Waals surface area contributed by atoms with Crippen LogP contribution in [0.3, 0.4) is 0 Å². The molecule has 1 fully saturated rings. The Kier molecular flexibility index (Phi) is 4.57. The topological polar surface area (TPSA) is 79.2 Å². The van der Waals surface area contributed by atoms with E-state index in [1.807, 2.05) is 0 Å². The second-order valence-corrected chi connectivity index (χ2v) is 6.45. The molecule has 20 heavy (non-hydrogen) atoms. The number of nitriles is 1. The molecule has 5 nitrogen and oxygen atoms in total. The van der Waals surface area contributed by atoms with E-state index < -0.39 is 15.8 Å². The summed E-state index contributed by atoms with van der Waals surface area (Å²) in [7, 11) is -3.58. The molecule has 1 saturated heterocycles. The molecular formula is C13H15FN2O3S. The van der Waals surface area contributed by atoms with Crippen LogP contribution in [0.1, 0.15) is 24.8 Å². The molecule has 0 unspecified atom stereocenters. The zero-order valence-corrected chi connectivity index (χ0v) is 11.6. The lowest BCUT2D eigenvalue weighted by Gasteiger charge is -2.22. The summed E-state index contributed by atoms with van der Waals surface area (Å²) in [4.78, 5) is 0. The number of nitrogens with one attached hydrogen (secondary N) is 1. The molecule has 1 aromatic carbocycles. The van der Waals surface area contributed by atoms with Gasteiger partial charge in [0.25, 0.3) is 0 Å². The first kappa shape index (κ1) is 14.8. The van der Waals surface area contributed by atoms with E-state index in [-0.39, 0.29) is 23.1 Å². The third-order valence-electron chi connectivity index (χ3n) is 3.04. The fourth-order valence-corrected chi connectivity index (χ4v) is 3.40. The predicted molar refractivity (Wildman–Crippen MR) is 72.1 cm³/mol. The Labute approximate surface area is 117 Å². The first-order valence-electron chi connectivity index (χ1n) is 6.32. The minimum atomic E-state index is -3.58. The summed E-state index contributed by atoms with van der Waals surface area (Å²) in [5.41, 5.74) is -0.0159. The van der Waals surface area contributed by atoms with Crippen molar-refractivity contribution in [2.75, 3.05) is 17.1 Å². The average molecular weight is 298 g/mol. The van der Waals surface area contributed by atoms with E-state index >= 15 is 0 Å². The zero-order valence-electron chi connectivity index (χ0n) is 10.8. The van der Waals surface area contributed by atoms with Gasteiger partial charge in [-0.2, -0.15) is 5.26 Å². The van der Waals surface area contributed by atoms with E-state index in [1.165, 1.54) is 12.1 Å². The van der Waals surface area contributed by atoms with Crippen LogP contribution < -0.4 is 4.72 Å². The lowest BCUT2D eigenvalue weighted by Crippen LogP contribution is -2.30. The first-order valence-corrected chi connectivity index (χ1v) is 7.97. The van der Waals surface area contributed by atoms with Crippen molar-refractivity contribution < 1.29 is 17.5 Å². The first-order chi connectivity index (χ1) is 9.50. The van der Waals surface area contributed by atoms with Crippen molar-refractivity contribution in [1.82, 2.24) is 0 Å². The summed E-state index contributed by atoms with van der Waals surface area (Å²) in [6.45, 7) is 0.579. The molecule has 0 radical (unpaired) electrons. The number of ether oxygens (including phenoxy) is 1. The molecule has 0 amide bonds.